The van der Waals surface area contributed by atoms with Crippen LogP contribution < -0.4 is 10.6 Å². The zero-order chi connectivity index (χ0) is 17.7. The summed E-state index contributed by atoms with van der Waals surface area (Å²) in [7, 11) is 5.64. The Morgan fingerprint density at radius 3 is 2.42 bits per heavy atom. The van der Waals surface area contributed by atoms with Crippen molar-refractivity contribution in [2.45, 2.75) is 39.0 Å². The molecule has 24 heavy (non-hydrogen) atoms. The van der Waals surface area contributed by atoms with Crippen LogP contribution >= 0.6 is 0 Å². The van der Waals surface area contributed by atoms with Gasteiger partial charge >= 0.3 is 0 Å². The molecule has 0 saturated heterocycles. The van der Waals surface area contributed by atoms with E-state index < -0.39 is 0 Å². The molecule has 0 aromatic rings. The Hall–Kier alpha value is -0.850. The first-order chi connectivity index (χ1) is 11.7. The Balaban J connectivity index is 2.45. The monoisotopic (exact) mass is 342 g/mol. The normalized spacial score (nSPS) is 17.5. The summed E-state index contributed by atoms with van der Waals surface area (Å²) in [4.78, 5) is 7.14. The molecular formula is C18H38N4O2. The fourth-order valence-corrected chi connectivity index (χ4v) is 3.24. The summed E-state index contributed by atoms with van der Waals surface area (Å²) in [6.07, 6.45) is 6.32. The molecule has 1 fully saturated rings. The average molecular weight is 343 g/mol. The van der Waals surface area contributed by atoms with Gasteiger partial charge in [-0.2, -0.15) is 0 Å². The molecule has 6 heteroatoms. The molecule has 1 aliphatic rings. The first-order valence-corrected chi connectivity index (χ1v) is 9.34. The number of ether oxygens (including phenoxy) is 2. The molecule has 0 radical (unpaired) electrons. The number of likely N-dealkylation sites (N-methyl/N-ethyl adjacent to an activating group) is 1. The third-order valence-electron chi connectivity index (χ3n) is 4.88. The lowest BCUT2D eigenvalue weighted by molar-refractivity contribution is 0.141. The van der Waals surface area contributed by atoms with E-state index in [4.69, 9.17) is 14.5 Å². The van der Waals surface area contributed by atoms with E-state index in [1.54, 1.807) is 14.2 Å². The van der Waals surface area contributed by atoms with E-state index >= 15 is 0 Å². The summed E-state index contributed by atoms with van der Waals surface area (Å²) in [5.74, 6) is 0.932. The highest BCUT2D eigenvalue weighted by Gasteiger charge is 2.33. The van der Waals surface area contributed by atoms with Gasteiger partial charge in [-0.1, -0.05) is 12.8 Å². The Bertz CT molecular complexity index is 344. The van der Waals surface area contributed by atoms with Gasteiger partial charge in [0.2, 0.25) is 0 Å². The Morgan fingerprint density at radius 1 is 1.08 bits per heavy atom. The van der Waals surface area contributed by atoms with Crippen LogP contribution in [0.25, 0.3) is 0 Å². The van der Waals surface area contributed by atoms with Gasteiger partial charge in [0.05, 0.1) is 6.61 Å². The Morgan fingerprint density at radius 2 is 1.79 bits per heavy atom. The van der Waals surface area contributed by atoms with Crippen molar-refractivity contribution < 1.29 is 9.47 Å². The van der Waals surface area contributed by atoms with Gasteiger partial charge in [-0.25, -0.2) is 0 Å². The van der Waals surface area contributed by atoms with Gasteiger partial charge in [0, 0.05) is 53.6 Å². The van der Waals surface area contributed by atoms with Crippen molar-refractivity contribution in [1.29, 1.82) is 0 Å². The molecule has 0 unspecified atom stereocenters. The molecule has 0 amide bonds. The fraction of sp³-hybridized carbons (Fsp3) is 0.944. The number of rotatable bonds is 12. The second-order valence-corrected chi connectivity index (χ2v) is 6.87. The number of nitrogens with zero attached hydrogens (tertiary/aromatic N) is 2. The van der Waals surface area contributed by atoms with Crippen LogP contribution in [0.4, 0.5) is 0 Å². The SMILES string of the molecule is CCNC(=NCC1(CCOC)CCCC1)NCCN(C)CCOC. The lowest BCUT2D eigenvalue weighted by Gasteiger charge is -2.27. The lowest BCUT2D eigenvalue weighted by Crippen LogP contribution is -2.42. The van der Waals surface area contributed by atoms with Crippen molar-refractivity contribution in [2.24, 2.45) is 10.4 Å². The molecule has 1 aliphatic carbocycles. The van der Waals surface area contributed by atoms with E-state index in [2.05, 4.69) is 29.5 Å². The topological polar surface area (TPSA) is 58.1 Å². The van der Waals surface area contributed by atoms with Gasteiger partial charge in [-0.3, -0.25) is 4.99 Å². The summed E-state index contributed by atoms with van der Waals surface area (Å²) < 4.78 is 10.4. The van der Waals surface area contributed by atoms with E-state index in [1.807, 2.05) is 0 Å². The molecule has 1 rings (SSSR count). The van der Waals surface area contributed by atoms with Crippen LogP contribution in [0.2, 0.25) is 0 Å². The average Bonchev–Trinajstić information content (AvgIpc) is 3.05. The van der Waals surface area contributed by atoms with Crippen molar-refractivity contribution >= 4 is 5.96 Å². The van der Waals surface area contributed by atoms with Gasteiger partial charge < -0.3 is 25.0 Å². The maximum Gasteiger partial charge on any atom is 0.191 e. The predicted octanol–water partition coefficient (Wildman–Crippen LogP) is 1.72. The van der Waals surface area contributed by atoms with Crippen molar-refractivity contribution in [2.75, 3.05) is 67.2 Å². The summed E-state index contributed by atoms with van der Waals surface area (Å²) in [5.41, 5.74) is 0.341. The molecule has 0 heterocycles. The zero-order valence-electron chi connectivity index (χ0n) is 16.2. The molecule has 0 aliphatic heterocycles. The van der Waals surface area contributed by atoms with Crippen molar-refractivity contribution in [3.63, 3.8) is 0 Å². The van der Waals surface area contributed by atoms with Gasteiger partial charge in [0.25, 0.3) is 0 Å². The first kappa shape index (κ1) is 21.2. The summed E-state index contributed by atoms with van der Waals surface area (Å²) in [5, 5.41) is 6.81. The van der Waals surface area contributed by atoms with Crippen LogP contribution in [0.3, 0.4) is 0 Å². The maximum atomic E-state index is 5.31. The Labute approximate surface area is 148 Å². The zero-order valence-corrected chi connectivity index (χ0v) is 16.2. The molecule has 6 nitrogen and oxygen atoms in total. The smallest absolute Gasteiger partial charge is 0.191 e. The number of hydrogen-bond donors (Lipinski definition) is 2. The van der Waals surface area contributed by atoms with Crippen molar-refractivity contribution in [3.05, 3.63) is 0 Å². The third-order valence-corrected chi connectivity index (χ3v) is 4.88. The van der Waals surface area contributed by atoms with Crippen LogP contribution in [0.1, 0.15) is 39.0 Å². The van der Waals surface area contributed by atoms with E-state index in [9.17, 15) is 0 Å². The predicted molar refractivity (Wildman–Crippen MR) is 101 cm³/mol. The standard InChI is InChI=1S/C18H38N4O2/c1-5-19-17(20-11-12-22(2)13-15-24-4)21-16-18(10-14-23-3)8-6-7-9-18/h5-16H2,1-4H3,(H2,19,20,21). The van der Waals surface area contributed by atoms with E-state index in [0.717, 1.165) is 58.3 Å². The number of guanidine groups is 1. The maximum absolute atomic E-state index is 5.31. The highest BCUT2D eigenvalue weighted by molar-refractivity contribution is 5.79. The van der Waals surface area contributed by atoms with Gasteiger partial charge in [0.15, 0.2) is 5.96 Å². The third kappa shape index (κ3) is 8.31. The van der Waals surface area contributed by atoms with Gasteiger partial charge in [-0.15, -0.1) is 0 Å². The molecular weight excluding hydrogens is 304 g/mol. The second kappa shape index (κ2) is 12.5. The second-order valence-electron chi connectivity index (χ2n) is 6.87. The molecule has 0 atom stereocenters. The van der Waals surface area contributed by atoms with Crippen LogP contribution in [0.15, 0.2) is 4.99 Å². The summed E-state index contributed by atoms with van der Waals surface area (Å²) in [6, 6.07) is 0. The van der Waals surface area contributed by atoms with Crippen LogP contribution in [-0.2, 0) is 9.47 Å². The number of methoxy groups -OCH3 is 2. The van der Waals surface area contributed by atoms with Crippen molar-refractivity contribution in [1.82, 2.24) is 15.5 Å². The largest absolute Gasteiger partial charge is 0.385 e. The van der Waals surface area contributed by atoms with Gasteiger partial charge in [-0.05, 0) is 38.6 Å². The highest BCUT2D eigenvalue weighted by atomic mass is 16.5. The fourth-order valence-electron chi connectivity index (χ4n) is 3.24. The van der Waals surface area contributed by atoms with Gasteiger partial charge in [0.1, 0.15) is 0 Å². The minimum absolute atomic E-state index is 0.341. The minimum Gasteiger partial charge on any atom is -0.385 e. The van der Waals surface area contributed by atoms with E-state index in [0.29, 0.717) is 5.41 Å². The highest BCUT2D eigenvalue weighted by Crippen LogP contribution is 2.41. The number of hydrogen-bond acceptors (Lipinski definition) is 4. The summed E-state index contributed by atoms with van der Waals surface area (Å²) >= 11 is 0. The first-order valence-electron chi connectivity index (χ1n) is 9.34. The molecule has 0 spiro atoms. The molecule has 0 bridgehead atoms. The Kier molecular flexibility index (Phi) is 11.0. The molecule has 0 aromatic carbocycles. The van der Waals surface area contributed by atoms with E-state index in [1.165, 1.54) is 25.7 Å². The quantitative estimate of drug-likeness (QED) is 0.418. The van der Waals surface area contributed by atoms with E-state index in [-0.39, 0.29) is 0 Å². The van der Waals surface area contributed by atoms with Crippen LogP contribution in [0, 0.1) is 5.41 Å². The molecule has 0 aromatic heterocycles. The summed E-state index contributed by atoms with van der Waals surface area (Å²) in [6.45, 7) is 8.31. The minimum atomic E-state index is 0.341. The molecule has 2 N–H and O–H groups in total. The molecule has 142 valence electrons. The lowest BCUT2D eigenvalue weighted by atomic mass is 9.83. The number of nitrogens with one attached hydrogen (secondary N) is 2. The van der Waals surface area contributed by atoms with Crippen molar-refractivity contribution in [3.8, 4) is 0 Å². The van der Waals surface area contributed by atoms with Crippen LogP contribution in [-0.4, -0.2) is 78.1 Å². The number of aliphatic imine (C=N–C) groups is 1. The molecule has 1 saturated carbocycles. The van der Waals surface area contributed by atoms with Crippen LogP contribution in [0.5, 0.6) is 0 Å².